The van der Waals surface area contributed by atoms with Gasteiger partial charge in [-0.15, -0.1) is 0 Å². The van der Waals surface area contributed by atoms with Crippen LogP contribution >= 0.6 is 0 Å². The molecule has 0 unspecified atom stereocenters. The van der Waals surface area contributed by atoms with Crippen molar-refractivity contribution in [1.82, 2.24) is 15.3 Å². The summed E-state index contributed by atoms with van der Waals surface area (Å²) in [4.78, 5) is 11.2. The molecule has 0 aliphatic carbocycles. The van der Waals surface area contributed by atoms with E-state index >= 15 is 0 Å². The molecule has 110 valence electrons. The van der Waals surface area contributed by atoms with Gasteiger partial charge in [-0.25, -0.2) is 9.97 Å². The Labute approximate surface area is 118 Å². The number of rotatable bonds is 2. The molecule has 0 bridgehead atoms. The third-order valence-electron chi connectivity index (χ3n) is 2.68. The van der Waals surface area contributed by atoms with Gasteiger partial charge in [0, 0.05) is 37.9 Å². The molecule has 1 aliphatic heterocycles. The van der Waals surface area contributed by atoms with E-state index in [-0.39, 0.29) is 0 Å². The van der Waals surface area contributed by atoms with Crippen LogP contribution in [-0.2, 0) is 6.42 Å². The van der Waals surface area contributed by atoms with Crippen LogP contribution in [0.5, 0.6) is 0 Å². The Hall–Kier alpha value is -1.16. The number of piperazine rings is 1. The molecule has 2 rings (SSSR count). The first kappa shape index (κ1) is 17.8. The second-order valence-corrected chi connectivity index (χ2v) is 3.86. The van der Waals surface area contributed by atoms with Gasteiger partial charge in [0.2, 0.25) is 0 Å². The first-order chi connectivity index (χ1) is 9.29. The maximum Gasteiger partial charge on any atom is 0.132 e. The molecule has 1 N–H and O–H groups in total. The van der Waals surface area contributed by atoms with Crippen molar-refractivity contribution < 1.29 is 0 Å². The minimum Gasteiger partial charge on any atom is -0.354 e. The van der Waals surface area contributed by atoms with E-state index in [0.717, 1.165) is 49.9 Å². The van der Waals surface area contributed by atoms with Crippen molar-refractivity contribution in [3.63, 3.8) is 0 Å². The van der Waals surface area contributed by atoms with Crippen molar-refractivity contribution in [2.45, 2.75) is 48.0 Å². The van der Waals surface area contributed by atoms with Crippen LogP contribution in [0.3, 0.4) is 0 Å². The molecule has 1 fully saturated rings. The van der Waals surface area contributed by atoms with Gasteiger partial charge in [0.1, 0.15) is 11.6 Å². The SMILES string of the molecule is CC.CC.CCc1cc(N2CCNCC2)nc(C)n1. The van der Waals surface area contributed by atoms with Crippen molar-refractivity contribution in [2.75, 3.05) is 31.1 Å². The van der Waals surface area contributed by atoms with Crippen molar-refractivity contribution in [2.24, 2.45) is 0 Å². The van der Waals surface area contributed by atoms with Gasteiger partial charge in [-0.3, -0.25) is 0 Å². The topological polar surface area (TPSA) is 41.0 Å². The Balaban J connectivity index is 0.000000741. The molecule has 0 radical (unpaired) electrons. The number of aromatic nitrogens is 2. The molecular weight excluding hydrogens is 236 g/mol. The van der Waals surface area contributed by atoms with Gasteiger partial charge in [-0.05, 0) is 13.3 Å². The standard InChI is InChI=1S/C11H18N4.2C2H6/c1-3-10-8-11(14-9(2)13-10)15-6-4-12-5-7-15;2*1-2/h8,12H,3-7H2,1-2H3;2*1-2H3. The van der Waals surface area contributed by atoms with Crippen molar-refractivity contribution in [3.8, 4) is 0 Å². The highest BCUT2D eigenvalue weighted by Crippen LogP contribution is 2.13. The van der Waals surface area contributed by atoms with Gasteiger partial charge < -0.3 is 10.2 Å². The third kappa shape index (κ3) is 6.01. The lowest BCUT2D eigenvalue weighted by atomic mass is 10.3. The molecule has 1 aromatic heterocycles. The molecule has 0 saturated carbocycles. The summed E-state index contributed by atoms with van der Waals surface area (Å²) in [6.07, 6.45) is 0.975. The minimum atomic E-state index is 0.878. The molecule has 1 saturated heterocycles. The second-order valence-electron chi connectivity index (χ2n) is 3.86. The number of anilines is 1. The number of hydrogen-bond acceptors (Lipinski definition) is 4. The van der Waals surface area contributed by atoms with E-state index in [1.165, 1.54) is 0 Å². The van der Waals surface area contributed by atoms with Crippen LogP contribution in [0.25, 0.3) is 0 Å². The normalized spacial score (nSPS) is 13.9. The molecule has 0 aromatic carbocycles. The molecule has 4 heteroatoms. The summed E-state index contributed by atoms with van der Waals surface area (Å²) < 4.78 is 0. The average molecular weight is 266 g/mol. The zero-order valence-electron chi connectivity index (χ0n) is 13.5. The summed E-state index contributed by atoms with van der Waals surface area (Å²) in [5.41, 5.74) is 1.14. The largest absolute Gasteiger partial charge is 0.354 e. The fourth-order valence-electron chi connectivity index (χ4n) is 1.85. The molecule has 1 aromatic rings. The zero-order chi connectivity index (χ0) is 14.7. The maximum absolute atomic E-state index is 4.49. The van der Waals surface area contributed by atoms with E-state index in [2.05, 4.69) is 33.2 Å². The predicted molar refractivity (Wildman–Crippen MR) is 83.9 cm³/mol. The lowest BCUT2D eigenvalue weighted by Crippen LogP contribution is -2.44. The number of nitrogens with zero attached hydrogens (tertiary/aromatic N) is 3. The van der Waals surface area contributed by atoms with Gasteiger partial charge in [-0.1, -0.05) is 34.6 Å². The van der Waals surface area contributed by atoms with Crippen LogP contribution in [0.15, 0.2) is 6.07 Å². The van der Waals surface area contributed by atoms with E-state index in [1.807, 2.05) is 34.6 Å². The predicted octanol–water partition coefficient (Wildman–Crippen LogP) is 2.81. The molecule has 19 heavy (non-hydrogen) atoms. The molecular formula is C15H30N4. The molecule has 2 heterocycles. The summed E-state index contributed by atoms with van der Waals surface area (Å²) in [7, 11) is 0. The Morgan fingerprint density at radius 3 is 2.21 bits per heavy atom. The Kier molecular flexibility index (Phi) is 10.1. The van der Waals surface area contributed by atoms with Crippen molar-refractivity contribution >= 4 is 5.82 Å². The van der Waals surface area contributed by atoms with Gasteiger partial charge in [0.15, 0.2) is 0 Å². The smallest absolute Gasteiger partial charge is 0.132 e. The Morgan fingerprint density at radius 2 is 1.68 bits per heavy atom. The van der Waals surface area contributed by atoms with Crippen LogP contribution in [-0.4, -0.2) is 36.1 Å². The fourth-order valence-corrected chi connectivity index (χ4v) is 1.85. The monoisotopic (exact) mass is 266 g/mol. The zero-order valence-corrected chi connectivity index (χ0v) is 13.5. The quantitative estimate of drug-likeness (QED) is 0.893. The molecule has 0 spiro atoms. The molecule has 1 aliphatic rings. The maximum atomic E-state index is 4.49. The summed E-state index contributed by atoms with van der Waals surface area (Å²) in [6.45, 7) is 16.3. The van der Waals surface area contributed by atoms with Crippen molar-refractivity contribution in [1.29, 1.82) is 0 Å². The molecule has 0 amide bonds. The first-order valence-corrected chi connectivity index (χ1v) is 7.60. The number of hydrogen-bond donors (Lipinski definition) is 1. The van der Waals surface area contributed by atoms with E-state index in [0.29, 0.717) is 0 Å². The Morgan fingerprint density at radius 1 is 1.11 bits per heavy atom. The van der Waals surface area contributed by atoms with Gasteiger partial charge in [-0.2, -0.15) is 0 Å². The van der Waals surface area contributed by atoms with Crippen LogP contribution in [0.1, 0.15) is 46.1 Å². The highest BCUT2D eigenvalue weighted by atomic mass is 15.2. The first-order valence-electron chi connectivity index (χ1n) is 7.60. The van der Waals surface area contributed by atoms with Crippen LogP contribution in [0, 0.1) is 6.92 Å². The van der Waals surface area contributed by atoms with Crippen molar-refractivity contribution in [3.05, 3.63) is 17.6 Å². The summed E-state index contributed by atoms with van der Waals surface area (Å²) in [5.74, 6) is 1.96. The third-order valence-corrected chi connectivity index (χ3v) is 2.68. The number of aryl methyl sites for hydroxylation is 2. The summed E-state index contributed by atoms with van der Waals surface area (Å²) in [5, 5.41) is 3.34. The van der Waals surface area contributed by atoms with E-state index in [1.54, 1.807) is 0 Å². The fraction of sp³-hybridized carbons (Fsp3) is 0.733. The average Bonchev–Trinajstić information content (AvgIpc) is 2.51. The summed E-state index contributed by atoms with van der Waals surface area (Å²) in [6, 6.07) is 2.11. The highest BCUT2D eigenvalue weighted by Gasteiger charge is 2.12. The summed E-state index contributed by atoms with van der Waals surface area (Å²) >= 11 is 0. The van der Waals surface area contributed by atoms with Crippen LogP contribution in [0.2, 0.25) is 0 Å². The van der Waals surface area contributed by atoms with Gasteiger partial charge >= 0.3 is 0 Å². The van der Waals surface area contributed by atoms with E-state index < -0.39 is 0 Å². The van der Waals surface area contributed by atoms with Gasteiger partial charge in [0.05, 0.1) is 0 Å². The number of nitrogens with one attached hydrogen (secondary N) is 1. The Bertz CT molecular complexity index is 333. The lowest BCUT2D eigenvalue weighted by Gasteiger charge is -2.28. The second kappa shape index (κ2) is 10.7. The molecule has 4 nitrogen and oxygen atoms in total. The molecule has 0 atom stereocenters. The van der Waals surface area contributed by atoms with Crippen LogP contribution in [0.4, 0.5) is 5.82 Å². The lowest BCUT2D eigenvalue weighted by molar-refractivity contribution is 0.583. The van der Waals surface area contributed by atoms with E-state index in [4.69, 9.17) is 0 Å². The minimum absolute atomic E-state index is 0.878. The highest BCUT2D eigenvalue weighted by molar-refractivity contribution is 5.40. The van der Waals surface area contributed by atoms with Crippen LogP contribution < -0.4 is 10.2 Å². The van der Waals surface area contributed by atoms with E-state index in [9.17, 15) is 0 Å². The van der Waals surface area contributed by atoms with Gasteiger partial charge in [0.25, 0.3) is 0 Å².